The Morgan fingerprint density at radius 2 is 0.982 bits per heavy atom. The molecular formula is C47H53NO8Si. The normalized spacial score (nSPS) is 19.5. The van der Waals surface area contributed by atoms with Crippen LogP contribution in [0.5, 0.6) is 0 Å². The van der Waals surface area contributed by atoms with Gasteiger partial charge in [0, 0.05) is 13.6 Å². The number of benzene rings is 5. The topological polar surface area (TPSA) is 92.8 Å². The molecule has 1 aliphatic heterocycles. The summed E-state index contributed by atoms with van der Waals surface area (Å²) in [4.78, 5) is 30.1. The number of hydrogen-bond acceptors (Lipinski definition) is 8. The van der Waals surface area contributed by atoms with Crippen molar-refractivity contribution in [3.8, 4) is 0 Å². The quantitative estimate of drug-likeness (QED) is 0.0812. The van der Waals surface area contributed by atoms with E-state index in [9.17, 15) is 9.59 Å². The molecule has 1 saturated heterocycles. The zero-order valence-electron chi connectivity index (χ0n) is 33.0. The van der Waals surface area contributed by atoms with Gasteiger partial charge in [0.05, 0.1) is 39.6 Å². The van der Waals surface area contributed by atoms with Gasteiger partial charge in [-0.25, -0.2) is 9.69 Å². The molecule has 57 heavy (non-hydrogen) atoms. The summed E-state index contributed by atoms with van der Waals surface area (Å²) in [5, 5.41) is 0. The molecular weight excluding hydrogens is 735 g/mol. The van der Waals surface area contributed by atoms with E-state index in [0.717, 1.165) is 33.2 Å². The third-order valence-electron chi connectivity index (χ3n) is 9.63. The third-order valence-corrected chi connectivity index (χ3v) is 11.3. The highest BCUT2D eigenvalue weighted by Crippen LogP contribution is 2.34. The van der Waals surface area contributed by atoms with Crippen LogP contribution in [0.3, 0.4) is 0 Å². The van der Waals surface area contributed by atoms with E-state index in [1.165, 1.54) is 0 Å². The van der Waals surface area contributed by atoms with Crippen LogP contribution in [0.4, 0.5) is 4.79 Å². The van der Waals surface area contributed by atoms with Crippen LogP contribution in [0.2, 0.25) is 25.7 Å². The lowest BCUT2D eigenvalue weighted by Crippen LogP contribution is -2.67. The van der Waals surface area contributed by atoms with Crippen molar-refractivity contribution in [2.75, 3.05) is 13.2 Å². The average molecular weight is 788 g/mol. The Hall–Kier alpha value is -4.94. The van der Waals surface area contributed by atoms with Gasteiger partial charge in [0.25, 0.3) is 5.91 Å². The van der Waals surface area contributed by atoms with Gasteiger partial charge < -0.3 is 28.4 Å². The Balaban J connectivity index is 1.42. The largest absolute Gasteiger partial charge is 0.449 e. The van der Waals surface area contributed by atoms with Gasteiger partial charge in [0.15, 0.2) is 6.23 Å². The highest BCUT2D eigenvalue weighted by Gasteiger charge is 2.53. The van der Waals surface area contributed by atoms with E-state index in [-0.39, 0.29) is 33.0 Å². The molecule has 0 aromatic heterocycles. The van der Waals surface area contributed by atoms with Crippen LogP contribution >= 0.6 is 0 Å². The lowest BCUT2D eigenvalue weighted by Gasteiger charge is -2.48. The number of carbonyl (C=O) groups excluding carboxylic acids is 2. The van der Waals surface area contributed by atoms with Crippen molar-refractivity contribution in [1.82, 2.24) is 4.90 Å². The minimum Gasteiger partial charge on any atom is -0.449 e. The summed E-state index contributed by atoms with van der Waals surface area (Å²) in [5.74, 6) is -0.582. The van der Waals surface area contributed by atoms with Gasteiger partial charge in [-0.15, -0.1) is 0 Å². The van der Waals surface area contributed by atoms with Gasteiger partial charge >= 0.3 is 6.09 Å². The molecule has 5 atom stereocenters. The molecule has 1 aliphatic rings. The van der Waals surface area contributed by atoms with E-state index in [2.05, 4.69) is 19.6 Å². The average Bonchev–Trinajstić information content (AvgIpc) is 3.23. The molecule has 6 rings (SSSR count). The highest BCUT2D eigenvalue weighted by atomic mass is 28.3. The van der Waals surface area contributed by atoms with E-state index in [4.69, 9.17) is 28.4 Å². The van der Waals surface area contributed by atoms with Crippen molar-refractivity contribution in [2.24, 2.45) is 0 Å². The van der Waals surface area contributed by atoms with Crippen LogP contribution in [-0.2, 0) is 54.8 Å². The Morgan fingerprint density at radius 1 is 0.561 bits per heavy atom. The SMILES string of the molecule is C[Si](C)(C)CCOC(=O)N(C(=O)c1ccccc1)[C@@H]1O[C@H](COCc2ccccc2)[C@@H](OCc2ccccc2)[C@H](OCc2ccccc2)[C@H]1OCc1ccccc1. The number of nitrogens with zero attached hydrogens (tertiary/aromatic N) is 1. The molecule has 0 spiro atoms. The number of ether oxygens (including phenoxy) is 6. The molecule has 5 aromatic carbocycles. The number of rotatable bonds is 18. The first-order valence-electron chi connectivity index (χ1n) is 19.5. The zero-order chi connectivity index (χ0) is 39.9. The minimum atomic E-state index is -1.60. The van der Waals surface area contributed by atoms with E-state index in [0.29, 0.717) is 12.2 Å². The molecule has 298 valence electrons. The summed E-state index contributed by atoms with van der Waals surface area (Å²) in [6, 6.07) is 48.7. The molecule has 0 bridgehead atoms. The number of hydrogen-bond donors (Lipinski definition) is 0. The molecule has 0 saturated carbocycles. The maximum Gasteiger partial charge on any atom is 0.419 e. The number of carbonyl (C=O) groups is 2. The smallest absolute Gasteiger partial charge is 0.419 e. The Bertz CT molecular complexity index is 1930. The molecule has 1 heterocycles. The molecule has 0 aliphatic carbocycles. The van der Waals surface area contributed by atoms with Crippen LogP contribution < -0.4 is 0 Å². The first-order valence-corrected chi connectivity index (χ1v) is 23.2. The molecule has 0 unspecified atom stereocenters. The Kier molecular flexibility index (Phi) is 15.4. The van der Waals surface area contributed by atoms with Crippen molar-refractivity contribution in [3.05, 3.63) is 179 Å². The van der Waals surface area contributed by atoms with Gasteiger partial charge in [0.2, 0.25) is 0 Å². The summed E-state index contributed by atoms with van der Waals surface area (Å²) < 4.78 is 39.6. The molecule has 0 radical (unpaired) electrons. The molecule has 0 N–H and O–H groups in total. The number of amides is 2. The van der Waals surface area contributed by atoms with Crippen molar-refractivity contribution in [1.29, 1.82) is 0 Å². The van der Waals surface area contributed by atoms with Crippen molar-refractivity contribution in [2.45, 2.75) is 82.8 Å². The summed E-state index contributed by atoms with van der Waals surface area (Å²) >= 11 is 0. The van der Waals surface area contributed by atoms with Gasteiger partial charge in [-0.05, 0) is 40.4 Å². The molecule has 5 aromatic rings. The second-order valence-corrected chi connectivity index (χ2v) is 20.9. The lowest BCUT2D eigenvalue weighted by atomic mass is 9.96. The summed E-state index contributed by atoms with van der Waals surface area (Å²) in [6.07, 6.45) is -5.53. The van der Waals surface area contributed by atoms with E-state index in [1.54, 1.807) is 24.3 Å². The van der Waals surface area contributed by atoms with Crippen LogP contribution in [0.1, 0.15) is 32.6 Å². The van der Waals surface area contributed by atoms with Crippen LogP contribution in [0, 0.1) is 0 Å². The lowest BCUT2D eigenvalue weighted by molar-refractivity contribution is -0.290. The Morgan fingerprint density at radius 3 is 1.46 bits per heavy atom. The predicted molar refractivity (Wildman–Crippen MR) is 222 cm³/mol. The monoisotopic (exact) mass is 787 g/mol. The summed E-state index contributed by atoms with van der Waals surface area (Å²) in [5.41, 5.74) is 4.07. The maximum absolute atomic E-state index is 14.6. The van der Waals surface area contributed by atoms with Crippen LogP contribution in [-0.4, -0.2) is 68.8 Å². The zero-order valence-corrected chi connectivity index (χ0v) is 34.0. The van der Waals surface area contributed by atoms with Crippen LogP contribution in [0.25, 0.3) is 0 Å². The Labute approximate surface area is 337 Å². The predicted octanol–water partition coefficient (Wildman–Crippen LogP) is 9.30. The second kappa shape index (κ2) is 21.0. The maximum atomic E-state index is 14.6. The minimum absolute atomic E-state index is 0.0689. The summed E-state index contributed by atoms with van der Waals surface area (Å²) in [6.45, 7) is 7.76. The summed E-state index contributed by atoms with van der Waals surface area (Å²) in [7, 11) is -1.60. The van der Waals surface area contributed by atoms with Crippen molar-refractivity contribution < 1.29 is 38.0 Å². The molecule has 10 heteroatoms. The molecule has 2 amide bonds. The van der Waals surface area contributed by atoms with Crippen molar-refractivity contribution >= 4 is 20.1 Å². The first-order chi connectivity index (χ1) is 27.7. The fourth-order valence-corrected chi connectivity index (χ4v) is 7.22. The van der Waals surface area contributed by atoms with E-state index >= 15 is 0 Å². The van der Waals surface area contributed by atoms with Gasteiger partial charge in [-0.2, -0.15) is 0 Å². The highest BCUT2D eigenvalue weighted by molar-refractivity contribution is 6.76. The fraction of sp³-hybridized carbons (Fsp3) is 0.319. The van der Waals surface area contributed by atoms with Gasteiger partial charge in [-0.1, -0.05) is 159 Å². The standard InChI is InChI=1S/C47H53NO8Si/c1-57(2,3)30-29-52-47(50)48(45(49)40-27-17-8-18-28-40)46-44(55-34-39-25-15-7-16-26-39)43(54-33-38-23-13-6-14-24-38)42(53-32-37-21-11-5-12-22-37)41(56-46)35-51-31-36-19-9-4-10-20-36/h4-28,41-44,46H,29-35H2,1-3H3/t41-,42-,43+,44-,46-/m1/s1. The first kappa shape index (κ1) is 41.7. The van der Waals surface area contributed by atoms with E-state index < -0.39 is 50.7 Å². The van der Waals surface area contributed by atoms with Crippen LogP contribution in [0.15, 0.2) is 152 Å². The van der Waals surface area contributed by atoms with Gasteiger partial charge in [-0.3, -0.25) is 4.79 Å². The number of imide groups is 1. The van der Waals surface area contributed by atoms with Gasteiger partial charge in [0.1, 0.15) is 24.4 Å². The fourth-order valence-electron chi connectivity index (χ4n) is 6.51. The van der Waals surface area contributed by atoms with E-state index in [1.807, 2.05) is 127 Å². The second-order valence-electron chi connectivity index (χ2n) is 15.3. The molecule has 1 fully saturated rings. The third kappa shape index (κ3) is 12.5. The van der Waals surface area contributed by atoms with Crippen molar-refractivity contribution in [3.63, 3.8) is 0 Å². The molecule has 9 nitrogen and oxygen atoms in total.